The molecule has 2 heterocycles. The minimum Gasteiger partial charge on any atom is -0.477 e. The molecule has 0 unspecified atom stereocenters. The van der Waals surface area contributed by atoms with Crippen LogP contribution in [0.15, 0.2) is 24.5 Å². The van der Waals surface area contributed by atoms with E-state index >= 15 is 0 Å². The predicted molar refractivity (Wildman–Crippen MR) is 76.4 cm³/mol. The first-order chi connectivity index (χ1) is 9.79. The van der Waals surface area contributed by atoms with E-state index in [4.69, 9.17) is 0 Å². The minimum absolute atomic E-state index is 0.142. The first kappa shape index (κ1) is 14.7. The van der Waals surface area contributed by atoms with Crippen molar-refractivity contribution in [2.24, 2.45) is 0 Å². The maximum atomic E-state index is 12.2. The molecule has 0 aliphatic rings. The average molecular weight is 288 g/mol. The number of aromatic carboxylic acids is 1. The van der Waals surface area contributed by atoms with Crippen LogP contribution >= 0.6 is 0 Å². The maximum absolute atomic E-state index is 12.2. The van der Waals surface area contributed by atoms with Crippen molar-refractivity contribution < 1.29 is 14.7 Å². The summed E-state index contributed by atoms with van der Waals surface area (Å²) in [4.78, 5) is 34.2. The smallest absolute Gasteiger partial charge is 0.354 e. The molecule has 0 bridgehead atoms. The lowest BCUT2D eigenvalue weighted by molar-refractivity contribution is 0.0686. The van der Waals surface area contributed by atoms with E-state index in [0.717, 1.165) is 0 Å². The zero-order valence-corrected chi connectivity index (χ0v) is 12.0. The van der Waals surface area contributed by atoms with Gasteiger partial charge in [0, 0.05) is 11.6 Å². The van der Waals surface area contributed by atoms with Crippen molar-refractivity contribution in [3.63, 3.8) is 0 Å². The molecule has 3 N–H and O–H groups in total. The lowest BCUT2D eigenvalue weighted by Crippen LogP contribution is -2.17. The van der Waals surface area contributed by atoms with Crippen LogP contribution in [0.2, 0.25) is 0 Å². The van der Waals surface area contributed by atoms with E-state index in [1.807, 2.05) is 20.8 Å². The third-order valence-corrected chi connectivity index (χ3v) is 2.76. The van der Waals surface area contributed by atoms with Gasteiger partial charge in [0.25, 0.3) is 5.91 Å². The molecule has 0 aromatic carbocycles. The molecule has 2 aromatic heterocycles. The van der Waals surface area contributed by atoms with E-state index in [-0.39, 0.29) is 11.4 Å². The molecule has 21 heavy (non-hydrogen) atoms. The number of nitrogens with zero attached hydrogens (tertiary/aromatic N) is 2. The van der Waals surface area contributed by atoms with Gasteiger partial charge in [0.05, 0.1) is 11.9 Å². The zero-order valence-electron chi connectivity index (χ0n) is 12.0. The maximum Gasteiger partial charge on any atom is 0.354 e. The van der Waals surface area contributed by atoms with E-state index in [1.54, 1.807) is 18.3 Å². The number of rotatable bonds is 3. The summed E-state index contributed by atoms with van der Waals surface area (Å²) in [6.07, 6.45) is 3.04. The van der Waals surface area contributed by atoms with Gasteiger partial charge in [-0.2, -0.15) is 0 Å². The Kier molecular flexibility index (Phi) is 3.75. The SMILES string of the molecule is CC(C)(C)c1nc(C(=O)Nc2cccnc2)c(C(=O)O)[nH]1. The molecule has 0 saturated heterocycles. The fraction of sp³-hybridized carbons (Fsp3) is 0.286. The Labute approximate surface area is 121 Å². The second-order valence-corrected chi connectivity index (χ2v) is 5.56. The summed E-state index contributed by atoms with van der Waals surface area (Å²) in [5.41, 5.74) is -0.284. The van der Waals surface area contributed by atoms with Crippen LogP contribution in [-0.4, -0.2) is 31.9 Å². The molecule has 0 fully saturated rings. The second kappa shape index (κ2) is 5.35. The number of H-pyrrole nitrogens is 1. The topological polar surface area (TPSA) is 108 Å². The van der Waals surface area contributed by atoms with Crippen LogP contribution < -0.4 is 5.32 Å². The van der Waals surface area contributed by atoms with Crippen LogP contribution in [0.25, 0.3) is 0 Å². The van der Waals surface area contributed by atoms with Crippen LogP contribution in [0.4, 0.5) is 5.69 Å². The lowest BCUT2D eigenvalue weighted by atomic mass is 9.96. The number of carbonyl (C=O) groups excluding carboxylic acids is 1. The number of nitrogens with one attached hydrogen (secondary N) is 2. The molecule has 0 aliphatic heterocycles. The van der Waals surface area contributed by atoms with Gasteiger partial charge in [-0.25, -0.2) is 9.78 Å². The summed E-state index contributed by atoms with van der Waals surface area (Å²) >= 11 is 0. The van der Waals surface area contributed by atoms with Gasteiger partial charge in [-0.05, 0) is 12.1 Å². The summed E-state index contributed by atoms with van der Waals surface area (Å²) in [5, 5.41) is 11.8. The first-order valence-electron chi connectivity index (χ1n) is 6.34. The van der Waals surface area contributed by atoms with Crippen LogP contribution in [0.5, 0.6) is 0 Å². The molecule has 7 heteroatoms. The molecule has 0 aliphatic carbocycles. The minimum atomic E-state index is -1.23. The largest absolute Gasteiger partial charge is 0.477 e. The van der Waals surface area contributed by atoms with E-state index in [9.17, 15) is 14.7 Å². The molecule has 7 nitrogen and oxygen atoms in total. The van der Waals surface area contributed by atoms with Crippen LogP contribution in [0.3, 0.4) is 0 Å². The molecular weight excluding hydrogens is 272 g/mol. The van der Waals surface area contributed by atoms with Crippen molar-refractivity contribution in [2.75, 3.05) is 5.32 Å². The normalized spacial score (nSPS) is 11.2. The number of carboxylic acid groups (broad SMARTS) is 1. The Hall–Kier alpha value is -2.70. The number of imidazole rings is 1. The number of aromatic amines is 1. The molecule has 0 atom stereocenters. The molecule has 0 radical (unpaired) electrons. The van der Waals surface area contributed by atoms with Gasteiger partial charge in [-0.15, -0.1) is 0 Å². The molecule has 110 valence electrons. The zero-order chi connectivity index (χ0) is 15.6. The Morgan fingerprint density at radius 1 is 1.33 bits per heavy atom. The van der Waals surface area contributed by atoms with Crippen LogP contribution in [0, 0.1) is 0 Å². The van der Waals surface area contributed by atoms with Gasteiger partial charge in [-0.3, -0.25) is 9.78 Å². The third kappa shape index (κ3) is 3.25. The molecule has 2 aromatic rings. The van der Waals surface area contributed by atoms with Gasteiger partial charge in [0.15, 0.2) is 11.4 Å². The first-order valence-corrected chi connectivity index (χ1v) is 6.34. The fourth-order valence-corrected chi connectivity index (χ4v) is 1.67. The van der Waals surface area contributed by atoms with Gasteiger partial charge < -0.3 is 15.4 Å². The molecule has 2 rings (SSSR count). The highest BCUT2D eigenvalue weighted by molar-refractivity contribution is 6.08. The molecular formula is C14H16N4O3. The Morgan fingerprint density at radius 2 is 2.05 bits per heavy atom. The highest BCUT2D eigenvalue weighted by Crippen LogP contribution is 2.21. The Morgan fingerprint density at radius 3 is 2.57 bits per heavy atom. The monoisotopic (exact) mass is 288 g/mol. The van der Waals surface area contributed by atoms with Crippen molar-refractivity contribution in [3.8, 4) is 0 Å². The number of anilines is 1. The average Bonchev–Trinajstić information content (AvgIpc) is 2.85. The number of amides is 1. The van der Waals surface area contributed by atoms with Crippen molar-refractivity contribution in [3.05, 3.63) is 41.7 Å². The van der Waals surface area contributed by atoms with E-state index < -0.39 is 17.3 Å². The van der Waals surface area contributed by atoms with E-state index in [2.05, 4.69) is 20.3 Å². The number of hydrogen-bond acceptors (Lipinski definition) is 4. The number of hydrogen-bond donors (Lipinski definition) is 3. The number of aromatic nitrogens is 3. The second-order valence-electron chi connectivity index (χ2n) is 5.56. The summed E-state index contributed by atoms with van der Waals surface area (Å²) in [5.74, 6) is -1.38. The van der Waals surface area contributed by atoms with Crippen LogP contribution in [-0.2, 0) is 5.41 Å². The van der Waals surface area contributed by atoms with Crippen molar-refractivity contribution >= 4 is 17.6 Å². The quantitative estimate of drug-likeness (QED) is 0.801. The highest BCUT2D eigenvalue weighted by Gasteiger charge is 2.27. The molecule has 0 spiro atoms. The van der Waals surface area contributed by atoms with Gasteiger partial charge in [0.1, 0.15) is 5.82 Å². The lowest BCUT2D eigenvalue weighted by Gasteiger charge is -2.13. The highest BCUT2D eigenvalue weighted by atomic mass is 16.4. The Bertz CT molecular complexity index is 671. The molecule has 1 amide bonds. The summed E-state index contributed by atoms with van der Waals surface area (Å²) < 4.78 is 0. The van der Waals surface area contributed by atoms with Crippen molar-refractivity contribution in [1.29, 1.82) is 0 Å². The molecule has 0 saturated carbocycles. The number of carbonyl (C=O) groups is 2. The predicted octanol–water partition coefficient (Wildman–Crippen LogP) is 2.05. The van der Waals surface area contributed by atoms with E-state index in [0.29, 0.717) is 11.5 Å². The van der Waals surface area contributed by atoms with Gasteiger partial charge in [-0.1, -0.05) is 20.8 Å². The summed E-state index contributed by atoms with van der Waals surface area (Å²) in [6.45, 7) is 5.63. The van der Waals surface area contributed by atoms with Gasteiger partial charge in [0.2, 0.25) is 0 Å². The number of pyridine rings is 1. The summed E-state index contributed by atoms with van der Waals surface area (Å²) in [6, 6.07) is 3.32. The van der Waals surface area contributed by atoms with Crippen molar-refractivity contribution in [1.82, 2.24) is 15.0 Å². The summed E-state index contributed by atoms with van der Waals surface area (Å²) in [7, 11) is 0. The fourth-order valence-electron chi connectivity index (χ4n) is 1.67. The van der Waals surface area contributed by atoms with Crippen molar-refractivity contribution in [2.45, 2.75) is 26.2 Å². The number of carboxylic acids is 1. The van der Waals surface area contributed by atoms with E-state index in [1.165, 1.54) is 6.20 Å². The standard InChI is InChI=1S/C14H16N4O3/c1-14(2,3)13-17-9(10(18-13)12(20)21)11(19)16-8-5-4-6-15-7-8/h4-7H,1-3H3,(H,16,19)(H,17,18)(H,20,21). The third-order valence-electron chi connectivity index (χ3n) is 2.76. The Balaban J connectivity index is 2.36. The van der Waals surface area contributed by atoms with Crippen LogP contribution in [0.1, 0.15) is 47.6 Å². The van der Waals surface area contributed by atoms with Gasteiger partial charge >= 0.3 is 5.97 Å².